The number of methoxy groups -OCH3 is 1. The number of aryl methyl sites for hydroxylation is 1. The lowest BCUT2D eigenvalue weighted by Gasteiger charge is -2.24. The van der Waals surface area contributed by atoms with E-state index in [-0.39, 0.29) is 6.61 Å². The van der Waals surface area contributed by atoms with Gasteiger partial charge in [-0.05, 0) is 30.5 Å². The predicted molar refractivity (Wildman–Crippen MR) is 82.1 cm³/mol. The SMILES string of the molecule is CCCN(CCO)c1ncc(CNCCOC)cc1C. The molecule has 20 heavy (non-hydrogen) atoms. The third-order valence-corrected chi connectivity index (χ3v) is 3.08. The molecule has 0 spiro atoms. The summed E-state index contributed by atoms with van der Waals surface area (Å²) in [4.78, 5) is 6.69. The quantitative estimate of drug-likeness (QED) is 0.634. The molecule has 0 aliphatic carbocycles. The number of aromatic nitrogens is 1. The van der Waals surface area contributed by atoms with E-state index in [0.29, 0.717) is 13.2 Å². The van der Waals surface area contributed by atoms with Gasteiger partial charge in [0.15, 0.2) is 0 Å². The van der Waals surface area contributed by atoms with Crippen LogP contribution < -0.4 is 10.2 Å². The van der Waals surface area contributed by atoms with Crippen molar-refractivity contribution in [1.82, 2.24) is 10.3 Å². The molecule has 5 nitrogen and oxygen atoms in total. The molecule has 0 amide bonds. The highest BCUT2D eigenvalue weighted by Crippen LogP contribution is 2.18. The normalized spacial score (nSPS) is 10.8. The van der Waals surface area contributed by atoms with E-state index in [1.54, 1.807) is 7.11 Å². The lowest BCUT2D eigenvalue weighted by atomic mass is 10.2. The topological polar surface area (TPSA) is 57.6 Å². The summed E-state index contributed by atoms with van der Waals surface area (Å²) in [6.07, 6.45) is 2.95. The summed E-state index contributed by atoms with van der Waals surface area (Å²) in [7, 11) is 1.70. The van der Waals surface area contributed by atoms with Gasteiger partial charge < -0.3 is 20.1 Å². The van der Waals surface area contributed by atoms with Crippen LogP contribution in [0.5, 0.6) is 0 Å². The zero-order valence-electron chi connectivity index (χ0n) is 12.9. The molecule has 114 valence electrons. The molecule has 5 heteroatoms. The van der Waals surface area contributed by atoms with Crippen molar-refractivity contribution in [3.8, 4) is 0 Å². The monoisotopic (exact) mass is 281 g/mol. The van der Waals surface area contributed by atoms with Crippen LogP contribution in [0.2, 0.25) is 0 Å². The van der Waals surface area contributed by atoms with Gasteiger partial charge in [0.25, 0.3) is 0 Å². The van der Waals surface area contributed by atoms with Crippen molar-refractivity contribution >= 4 is 5.82 Å². The van der Waals surface area contributed by atoms with E-state index in [1.165, 1.54) is 5.56 Å². The van der Waals surface area contributed by atoms with Gasteiger partial charge in [-0.1, -0.05) is 6.92 Å². The van der Waals surface area contributed by atoms with Crippen molar-refractivity contribution in [3.05, 3.63) is 23.4 Å². The second-order valence-electron chi connectivity index (χ2n) is 4.86. The van der Waals surface area contributed by atoms with E-state index in [1.807, 2.05) is 6.20 Å². The molecule has 0 fully saturated rings. The Labute approximate surface area is 122 Å². The molecule has 2 N–H and O–H groups in total. The molecular formula is C15H27N3O2. The van der Waals surface area contributed by atoms with Crippen LogP contribution in [0.15, 0.2) is 12.3 Å². The van der Waals surface area contributed by atoms with Gasteiger partial charge >= 0.3 is 0 Å². The Balaban J connectivity index is 2.65. The van der Waals surface area contributed by atoms with E-state index in [9.17, 15) is 0 Å². The minimum absolute atomic E-state index is 0.154. The molecule has 0 saturated heterocycles. The Morgan fingerprint density at radius 1 is 1.40 bits per heavy atom. The number of pyridine rings is 1. The predicted octanol–water partition coefficient (Wildman–Crippen LogP) is 1.33. The molecule has 1 rings (SSSR count). The number of hydrogen-bond acceptors (Lipinski definition) is 5. The third kappa shape index (κ3) is 5.45. The number of aliphatic hydroxyl groups excluding tert-OH is 1. The molecule has 1 aromatic heterocycles. The van der Waals surface area contributed by atoms with E-state index >= 15 is 0 Å². The van der Waals surface area contributed by atoms with Gasteiger partial charge in [-0.3, -0.25) is 0 Å². The van der Waals surface area contributed by atoms with Gasteiger partial charge in [0.2, 0.25) is 0 Å². The van der Waals surface area contributed by atoms with Crippen LogP contribution in [0.25, 0.3) is 0 Å². The number of hydrogen-bond donors (Lipinski definition) is 2. The molecular weight excluding hydrogens is 254 g/mol. The second-order valence-corrected chi connectivity index (χ2v) is 4.86. The fraction of sp³-hybridized carbons (Fsp3) is 0.667. The maximum absolute atomic E-state index is 9.15. The number of nitrogens with zero attached hydrogens (tertiary/aromatic N) is 2. The van der Waals surface area contributed by atoms with Gasteiger partial charge in [-0.15, -0.1) is 0 Å². The van der Waals surface area contributed by atoms with Gasteiger partial charge in [-0.2, -0.15) is 0 Å². The molecule has 1 aromatic rings. The van der Waals surface area contributed by atoms with Crippen LogP contribution >= 0.6 is 0 Å². The molecule has 0 aliphatic heterocycles. The largest absolute Gasteiger partial charge is 0.395 e. The summed E-state index contributed by atoms with van der Waals surface area (Å²) in [6.45, 7) is 8.25. The summed E-state index contributed by atoms with van der Waals surface area (Å²) < 4.78 is 5.00. The first-order valence-electron chi connectivity index (χ1n) is 7.23. The Morgan fingerprint density at radius 3 is 2.80 bits per heavy atom. The van der Waals surface area contributed by atoms with Gasteiger partial charge in [0, 0.05) is 39.5 Å². The first kappa shape index (κ1) is 16.9. The minimum Gasteiger partial charge on any atom is -0.395 e. The van der Waals surface area contributed by atoms with Gasteiger partial charge in [0.05, 0.1) is 13.2 Å². The molecule has 0 aliphatic rings. The average Bonchev–Trinajstić information content (AvgIpc) is 2.44. The van der Waals surface area contributed by atoms with Crippen LogP contribution in [-0.2, 0) is 11.3 Å². The average molecular weight is 281 g/mol. The molecule has 0 bridgehead atoms. The number of nitrogens with one attached hydrogen (secondary N) is 1. The van der Waals surface area contributed by atoms with Crippen LogP contribution in [-0.4, -0.2) is 50.0 Å². The number of anilines is 1. The second kappa shape index (κ2) is 9.69. The maximum Gasteiger partial charge on any atom is 0.131 e. The number of rotatable bonds is 10. The van der Waals surface area contributed by atoms with Crippen LogP contribution in [0.3, 0.4) is 0 Å². The van der Waals surface area contributed by atoms with Gasteiger partial charge in [0.1, 0.15) is 5.82 Å². The smallest absolute Gasteiger partial charge is 0.131 e. The van der Waals surface area contributed by atoms with E-state index in [2.05, 4.69) is 35.1 Å². The van der Waals surface area contributed by atoms with Crippen molar-refractivity contribution < 1.29 is 9.84 Å². The summed E-state index contributed by atoms with van der Waals surface area (Å²) in [6, 6.07) is 2.15. The van der Waals surface area contributed by atoms with Crippen LogP contribution in [0.1, 0.15) is 24.5 Å². The van der Waals surface area contributed by atoms with Crippen molar-refractivity contribution in [2.75, 3.05) is 44.9 Å². The summed E-state index contributed by atoms with van der Waals surface area (Å²) in [5, 5.41) is 12.5. The van der Waals surface area contributed by atoms with E-state index < -0.39 is 0 Å². The Morgan fingerprint density at radius 2 is 2.20 bits per heavy atom. The van der Waals surface area contributed by atoms with Crippen LogP contribution in [0, 0.1) is 6.92 Å². The Bertz CT molecular complexity index is 379. The number of aliphatic hydroxyl groups is 1. The Hall–Kier alpha value is -1.17. The highest BCUT2D eigenvalue weighted by atomic mass is 16.5. The lowest BCUT2D eigenvalue weighted by Crippen LogP contribution is -2.29. The van der Waals surface area contributed by atoms with Crippen molar-refractivity contribution in [2.24, 2.45) is 0 Å². The molecule has 0 aromatic carbocycles. The fourth-order valence-corrected chi connectivity index (χ4v) is 2.17. The third-order valence-electron chi connectivity index (χ3n) is 3.08. The first-order valence-corrected chi connectivity index (χ1v) is 7.23. The number of ether oxygens (including phenoxy) is 1. The minimum atomic E-state index is 0.154. The molecule has 0 atom stereocenters. The Kier molecular flexibility index (Phi) is 8.18. The van der Waals surface area contributed by atoms with Crippen LogP contribution in [0.4, 0.5) is 5.82 Å². The first-order chi connectivity index (χ1) is 9.72. The summed E-state index contributed by atoms with van der Waals surface area (Å²) in [5.74, 6) is 0.974. The highest BCUT2D eigenvalue weighted by molar-refractivity contribution is 5.47. The standard InChI is InChI=1S/C15H27N3O2/c1-4-6-18(7-8-19)15-13(2)10-14(12-17-15)11-16-5-9-20-3/h10,12,16,19H,4-9,11H2,1-3H3. The molecule has 0 saturated carbocycles. The van der Waals surface area contributed by atoms with Crippen molar-refractivity contribution in [2.45, 2.75) is 26.8 Å². The zero-order chi connectivity index (χ0) is 14.8. The maximum atomic E-state index is 9.15. The molecule has 0 unspecified atom stereocenters. The zero-order valence-corrected chi connectivity index (χ0v) is 12.9. The lowest BCUT2D eigenvalue weighted by molar-refractivity contribution is 0.199. The van der Waals surface area contributed by atoms with Crippen molar-refractivity contribution in [1.29, 1.82) is 0 Å². The highest BCUT2D eigenvalue weighted by Gasteiger charge is 2.10. The summed E-state index contributed by atoms with van der Waals surface area (Å²) in [5.41, 5.74) is 2.32. The van der Waals surface area contributed by atoms with E-state index in [0.717, 1.165) is 37.4 Å². The van der Waals surface area contributed by atoms with Crippen molar-refractivity contribution in [3.63, 3.8) is 0 Å². The summed E-state index contributed by atoms with van der Waals surface area (Å²) >= 11 is 0. The fourth-order valence-electron chi connectivity index (χ4n) is 2.17. The molecule has 1 heterocycles. The molecule has 0 radical (unpaired) electrons. The van der Waals surface area contributed by atoms with Gasteiger partial charge in [-0.25, -0.2) is 4.98 Å². The van der Waals surface area contributed by atoms with E-state index in [4.69, 9.17) is 9.84 Å².